The first-order valence-corrected chi connectivity index (χ1v) is 8.38. The molecular weight excluding hydrogens is 334 g/mol. The summed E-state index contributed by atoms with van der Waals surface area (Å²) in [7, 11) is -4.12. The van der Waals surface area contributed by atoms with E-state index in [1.807, 2.05) is 0 Å². The van der Waals surface area contributed by atoms with Crippen molar-refractivity contribution >= 4 is 32.0 Å². The summed E-state index contributed by atoms with van der Waals surface area (Å²) in [6.45, 7) is 3.24. The van der Waals surface area contributed by atoms with E-state index >= 15 is 0 Å². The highest BCUT2D eigenvalue weighted by atomic mass is 32.2. The monoisotopic (exact) mass is 344 g/mol. The van der Waals surface area contributed by atoms with Gasteiger partial charge in [0.1, 0.15) is 16.6 Å². The normalized spacial score (nSPS) is 12.0. The fraction of sp³-hybridized carbons (Fsp3) is 0.167. The van der Waals surface area contributed by atoms with E-state index in [9.17, 15) is 17.2 Å². The molecule has 2 aromatic heterocycles. The zero-order chi connectivity index (χ0) is 16.1. The second-order valence-corrected chi connectivity index (χ2v) is 7.31. The summed E-state index contributed by atoms with van der Waals surface area (Å²) in [5, 5.41) is 4.55. The second-order valence-electron chi connectivity index (χ2n) is 4.55. The molecular formula is C12H10F2N4O2S2. The minimum absolute atomic E-state index is 0.171. The molecule has 0 aliphatic carbocycles. The summed E-state index contributed by atoms with van der Waals surface area (Å²) in [5.41, 5.74) is -0.100. The Labute approximate surface area is 128 Å². The van der Waals surface area contributed by atoms with Crippen LogP contribution in [0, 0.1) is 25.5 Å². The van der Waals surface area contributed by atoms with Crippen molar-refractivity contribution in [3.63, 3.8) is 0 Å². The van der Waals surface area contributed by atoms with Crippen molar-refractivity contribution in [1.82, 2.24) is 14.6 Å². The average Bonchev–Trinajstić information content (AvgIpc) is 2.86. The lowest BCUT2D eigenvalue weighted by Crippen LogP contribution is -2.17. The van der Waals surface area contributed by atoms with Crippen molar-refractivity contribution in [3.05, 3.63) is 40.5 Å². The molecule has 3 aromatic rings. The van der Waals surface area contributed by atoms with E-state index in [4.69, 9.17) is 0 Å². The van der Waals surface area contributed by atoms with E-state index in [-0.39, 0.29) is 16.4 Å². The third-order valence-corrected chi connectivity index (χ3v) is 5.15. The number of aryl methyl sites for hydroxylation is 2. The molecule has 0 saturated heterocycles. The summed E-state index contributed by atoms with van der Waals surface area (Å²) in [6, 6.07) is 2.58. The highest BCUT2D eigenvalue weighted by Crippen LogP contribution is 2.25. The topological polar surface area (TPSA) is 76.4 Å². The summed E-state index contributed by atoms with van der Waals surface area (Å²) >= 11 is 1.24. The minimum Gasteiger partial charge on any atom is -0.275 e. The molecule has 6 nitrogen and oxygen atoms in total. The molecule has 2 heterocycles. The number of nitrogens with one attached hydrogen (secondary N) is 1. The van der Waals surface area contributed by atoms with Gasteiger partial charge in [-0.2, -0.15) is 18.0 Å². The molecule has 0 bridgehead atoms. The Hall–Kier alpha value is -2.07. The molecule has 0 aliphatic rings. The molecule has 0 aliphatic heterocycles. The molecule has 1 N–H and O–H groups in total. The summed E-state index contributed by atoms with van der Waals surface area (Å²) in [4.78, 5) is 4.55. The first-order chi connectivity index (χ1) is 10.3. The highest BCUT2D eigenvalue weighted by molar-refractivity contribution is 7.92. The second kappa shape index (κ2) is 4.99. The smallest absolute Gasteiger partial charge is 0.275 e. The zero-order valence-electron chi connectivity index (χ0n) is 11.5. The molecule has 1 aromatic carbocycles. The van der Waals surface area contributed by atoms with Crippen LogP contribution in [-0.2, 0) is 10.0 Å². The maximum absolute atomic E-state index is 13.6. The predicted molar refractivity (Wildman–Crippen MR) is 77.5 cm³/mol. The predicted octanol–water partition coefficient (Wildman–Crippen LogP) is 2.49. The quantitative estimate of drug-likeness (QED) is 0.792. The Kier molecular flexibility index (Phi) is 3.37. The van der Waals surface area contributed by atoms with Crippen molar-refractivity contribution in [2.45, 2.75) is 18.9 Å². The van der Waals surface area contributed by atoms with Gasteiger partial charge in [0.25, 0.3) is 10.0 Å². The third kappa shape index (κ3) is 2.44. The van der Waals surface area contributed by atoms with Crippen LogP contribution >= 0.6 is 11.3 Å². The molecule has 0 amide bonds. The molecule has 3 rings (SSSR count). The first kappa shape index (κ1) is 14.9. The van der Waals surface area contributed by atoms with Crippen LogP contribution in [0.25, 0.3) is 4.96 Å². The van der Waals surface area contributed by atoms with Crippen molar-refractivity contribution in [2.24, 2.45) is 0 Å². The Morgan fingerprint density at radius 2 is 2.00 bits per heavy atom. The van der Waals surface area contributed by atoms with Crippen molar-refractivity contribution < 1.29 is 17.2 Å². The van der Waals surface area contributed by atoms with Gasteiger partial charge in [-0.15, -0.1) is 0 Å². The number of hydrogen-bond donors (Lipinski definition) is 1. The van der Waals surface area contributed by atoms with E-state index < -0.39 is 21.7 Å². The largest absolute Gasteiger partial charge is 0.281 e. The van der Waals surface area contributed by atoms with Crippen LogP contribution in [-0.4, -0.2) is 23.0 Å². The van der Waals surface area contributed by atoms with Gasteiger partial charge in [0, 0.05) is 6.07 Å². The van der Waals surface area contributed by atoms with Gasteiger partial charge in [0.05, 0.1) is 11.4 Å². The van der Waals surface area contributed by atoms with Gasteiger partial charge in [-0.1, -0.05) is 11.3 Å². The van der Waals surface area contributed by atoms with Crippen LogP contribution in [0.3, 0.4) is 0 Å². The van der Waals surface area contributed by atoms with Crippen LogP contribution in [0.2, 0.25) is 0 Å². The Morgan fingerprint density at radius 3 is 2.68 bits per heavy atom. The van der Waals surface area contributed by atoms with E-state index in [0.29, 0.717) is 16.0 Å². The minimum atomic E-state index is -4.12. The molecule has 116 valence electrons. The van der Waals surface area contributed by atoms with Gasteiger partial charge in [0.2, 0.25) is 9.99 Å². The molecule has 0 saturated carbocycles. The number of aromatic nitrogens is 3. The van der Waals surface area contributed by atoms with E-state index in [1.54, 1.807) is 6.92 Å². The molecule has 0 radical (unpaired) electrons. The number of nitrogens with zero attached hydrogens (tertiary/aromatic N) is 3. The lowest BCUT2D eigenvalue weighted by atomic mass is 10.3. The number of hydrogen-bond acceptors (Lipinski definition) is 5. The maximum Gasteiger partial charge on any atom is 0.281 e. The maximum atomic E-state index is 13.6. The Morgan fingerprint density at radius 1 is 1.27 bits per heavy atom. The zero-order valence-corrected chi connectivity index (χ0v) is 13.1. The highest BCUT2D eigenvalue weighted by Gasteiger charge is 2.26. The Bertz CT molecular complexity index is 979. The number of fused-ring (bicyclic) bond motifs is 1. The average molecular weight is 344 g/mol. The van der Waals surface area contributed by atoms with Gasteiger partial charge in [-0.25, -0.2) is 13.8 Å². The summed E-state index contributed by atoms with van der Waals surface area (Å²) in [6.07, 6.45) is 0. The van der Waals surface area contributed by atoms with Crippen LogP contribution in [0.1, 0.15) is 10.7 Å². The molecule has 0 spiro atoms. The van der Waals surface area contributed by atoms with Gasteiger partial charge < -0.3 is 0 Å². The number of benzene rings is 1. The van der Waals surface area contributed by atoms with Gasteiger partial charge >= 0.3 is 0 Å². The molecule has 22 heavy (non-hydrogen) atoms. The van der Waals surface area contributed by atoms with Crippen LogP contribution in [0.4, 0.5) is 14.5 Å². The summed E-state index contributed by atoms with van der Waals surface area (Å²) < 4.78 is 54.8. The lowest BCUT2D eigenvalue weighted by molar-refractivity contribution is 0.580. The summed E-state index contributed by atoms with van der Waals surface area (Å²) in [5.74, 6) is -1.80. The fourth-order valence-corrected chi connectivity index (χ4v) is 4.19. The number of anilines is 1. The van der Waals surface area contributed by atoms with E-state index in [2.05, 4.69) is 14.8 Å². The van der Waals surface area contributed by atoms with Crippen LogP contribution in [0.5, 0.6) is 0 Å². The van der Waals surface area contributed by atoms with Crippen molar-refractivity contribution in [3.8, 4) is 0 Å². The van der Waals surface area contributed by atoms with E-state index in [0.717, 1.165) is 12.1 Å². The number of rotatable bonds is 3. The SMILES string of the molecule is Cc1nn2c(S(=O)(=O)Nc3ccc(F)cc3F)c(C)nc2s1. The fourth-order valence-electron chi connectivity index (χ4n) is 2.00. The molecule has 0 unspecified atom stereocenters. The first-order valence-electron chi connectivity index (χ1n) is 6.08. The van der Waals surface area contributed by atoms with Crippen LogP contribution < -0.4 is 4.72 Å². The number of halogens is 2. The van der Waals surface area contributed by atoms with Crippen molar-refractivity contribution in [1.29, 1.82) is 0 Å². The van der Waals surface area contributed by atoms with E-state index in [1.165, 1.54) is 22.8 Å². The standard InChI is InChI=1S/C12H10F2N4O2S2/c1-6-11(18-12(15-6)21-7(2)16-18)22(19,20)17-10-4-3-8(13)5-9(10)14/h3-5,17H,1-2H3. The molecule has 0 atom stereocenters. The number of imidazole rings is 1. The van der Waals surface area contributed by atoms with Crippen molar-refractivity contribution in [2.75, 3.05) is 4.72 Å². The third-order valence-electron chi connectivity index (χ3n) is 2.86. The Balaban J connectivity index is 2.10. The van der Waals surface area contributed by atoms with Gasteiger partial charge in [-0.3, -0.25) is 4.72 Å². The van der Waals surface area contributed by atoms with Crippen LogP contribution in [0.15, 0.2) is 23.2 Å². The number of sulfonamides is 1. The van der Waals surface area contributed by atoms with Gasteiger partial charge in [-0.05, 0) is 26.0 Å². The molecule has 10 heteroatoms. The molecule has 0 fully saturated rings. The van der Waals surface area contributed by atoms with Gasteiger partial charge in [0.15, 0.2) is 0 Å². The lowest BCUT2D eigenvalue weighted by Gasteiger charge is -2.08.